The molecule has 0 aromatic carbocycles. The maximum absolute atomic E-state index is 5.46. The zero-order valence-corrected chi connectivity index (χ0v) is 10.7. The fraction of sp³-hybridized carbons (Fsp3) is 1.00. The quantitative estimate of drug-likeness (QED) is 0.571. The first-order valence-electron chi connectivity index (χ1n) is 5.67. The lowest BCUT2D eigenvalue weighted by atomic mass is 10.3. The second-order valence-electron chi connectivity index (χ2n) is 3.57. The highest BCUT2D eigenvalue weighted by Gasteiger charge is 1.93. The van der Waals surface area contributed by atoms with Crippen LogP contribution >= 0.6 is 11.8 Å². The fourth-order valence-electron chi connectivity index (χ4n) is 1.08. The van der Waals surface area contributed by atoms with E-state index < -0.39 is 0 Å². The van der Waals surface area contributed by atoms with Crippen molar-refractivity contribution in [3.05, 3.63) is 0 Å². The minimum absolute atomic E-state index is 0.379. The predicted molar refractivity (Wildman–Crippen MR) is 66.2 cm³/mol. The Morgan fingerprint density at radius 1 is 1.21 bits per heavy atom. The van der Waals surface area contributed by atoms with Gasteiger partial charge in [0.15, 0.2) is 0 Å². The Kier molecular flexibility index (Phi) is 11.6. The number of hydrogen-bond acceptors (Lipinski definition) is 3. The summed E-state index contributed by atoms with van der Waals surface area (Å²) in [5.41, 5.74) is 0. The fourth-order valence-corrected chi connectivity index (χ4v) is 1.66. The zero-order chi connectivity index (χ0) is 10.6. The van der Waals surface area contributed by atoms with Gasteiger partial charge in [-0.15, -0.1) is 0 Å². The van der Waals surface area contributed by atoms with Crippen LogP contribution in [0.3, 0.4) is 0 Å². The molecule has 14 heavy (non-hydrogen) atoms. The number of thioether (sulfide) groups is 1. The van der Waals surface area contributed by atoms with Gasteiger partial charge in [-0.3, -0.25) is 0 Å². The molecular formula is C11H25NOS. The van der Waals surface area contributed by atoms with Gasteiger partial charge >= 0.3 is 0 Å². The average molecular weight is 219 g/mol. The lowest BCUT2D eigenvalue weighted by Crippen LogP contribution is -2.19. The van der Waals surface area contributed by atoms with Gasteiger partial charge in [0.25, 0.3) is 0 Å². The third-order valence-electron chi connectivity index (χ3n) is 1.83. The summed E-state index contributed by atoms with van der Waals surface area (Å²) >= 11 is 1.99. The molecule has 0 rings (SSSR count). The van der Waals surface area contributed by atoms with Crippen LogP contribution in [-0.2, 0) is 4.74 Å². The topological polar surface area (TPSA) is 21.3 Å². The van der Waals surface area contributed by atoms with Crippen molar-refractivity contribution in [3.8, 4) is 0 Å². The largest absolute Gasteiger partial charge is 0.379 e. The Hall–Kier alpha value is 0.270. The van der Waals surface area contributed by atoms with Crippen molar-refractivity contribution in [2.75, 3.05) is 31.2 Å². The van der Waals surface area contributed by atoms with Gasteiger partial charge in [-0.1, -0.05) is 6.92 Å². The average Bonchev–Trinajstić information content (AvgIpc) is 2.15. The molecule has 0 atom stereocenters. The summed E-state index contributed by atoms with van der Waals surface area (Å²) in [6, 6.07) is 0. The second-order valence-corrected chi connectivity index (χ2v) is 4.97. The molecule has 0 amide bonds. The van der Waals surface area contributed by atoms with E-state index in [1.54, 1.807) is 0 Å². The van der Waals surface area contributed by atoms with Crippen molar-refractivity contribution in [2.24, 2.45) is 0 Å². The maximum Gasteiger partial charge on any atom is 0.0518 e. The number of rotatable bonds is 10. The van der Waals surface area contributed by atoms with Gasteiger partial charge in [-0.25, -0.2) is 0 Å². The van der Waals surface area contributed by atoms with Crippen LogP contribution in [0.1, 0.15) is 33.6 Å². The van der Waals surface area contributed by atoms with Crippen LogP contribution in [0.2, 0.25) is 0 Å². The van der Waals surface area contributed by atoms with Gasteiger partial charge in [0.05, 0.1) is 6.10 Å². The van der Waals surface area contributed by atoms with Gasteiger partial charge in [0.1, 0.15) is 0 Å². The van der Waals surface area contributed by atoms with Gasteiger partial charge in [0, 0.05) is 18.9 Å². The molecular weight excluding hydrogens is 194 g/mol. The van der Waals surface area contributed by atoms with Crippen LogP contribution in [0.4, 0.5) is 0 Å². The highest BCUT2D eigenvalue weighted by molar-refractivity contribution is 7.99. The molecule has 0 bridgehead atoms. The summed E-state index contributed by atoms with van der Waals surface area (Å²) in [5, 5.41) is 3.43. The molecule has 0 aliphatic carbocycles. The Morgan fingerprint density at radius 3 is 2.64 bits per heavy atom. The lowest BCUT2D eigenvalue weighted by molar-refractivity contribution is 0.0761. The van der Waals surface area contributed by atoms with Gasteiger partial charge in [-0.05, 0) is 39.0 Å². The van der Waals surface area contributed by atoms with Crippen LogP contribution in [0.15, 0.2) is 0 Å². The summed E-state index contributed by atoms with van der Waals surface area (Å²) in [6.45, 7) is 9.55. The maximum atomic E-state index is 5.46. The number of nitrogens with one attached hydrogen (secondary N) is 1. The summed E-state index contributed by atoms with van der Waals surface area (Å²) in [6.07, 6.45) is 2.78. The highest BCUT2D eigenvalue weighted by atomic mass is 32.2. The van der Waals surface area contributed by atoms with E-state index in [-0.39, 0.29) is 0 Å². The minimum Gasteiger partial charge on any atom is -0.379 e. The summed E-state index contributed by atoms with van der Waals surface area (Å²) in [5.74, 6) is 2.46. The predicted octanol–water partition coefficient (Wildman–Crippen LogP) is 2.53. The zero-order valence-electron chi connectivity index (χ0n) is 9.84. The molecule has 0 aliphatic heterocycles. The molecule has 0 aromatic rings. The molecule has 2 nitrogen and oxygen atoms in total. The second kappa shape index (κ2) is 11.3. The molecule has 0 saturated carbocycles. The van der Waals surface area contributed by atoms with E-state index in [0.717, 1.165) is 19.7 Å². The number of hydrogen-bond donors (Lipinski definition) is 1. The third-order valence-corrected chi connectivity index (χ3v) is 2.73. The van der Waals surface area contributed by atoms with Crippen LogP contribution < -0.4 is 5.32 Å². The first-order valence-corrected chi connectivity index (χ1v) is 6.83. The van der Waals surface area contributed by atoms with Crippen molar-refractivity contribution >= 4 is 11.8 Å². The smallest absolute Gasteiger partial charge is 0.0518 e. The van der Waals surface area contributed by atoms with Crippen LogP contribution in [0.25, 0.3) is 0 Å². The molecule has 0 saturated heterocycles. The van der Waals surface area contributed by atoms with E-state index in [2.05, 4.69) is 26.1 Å². The van der Waals surface area contributed by atoms with Crippen LogP contribution in [0, 0.1) is 0 Å². The number of ether oxygens (including phenoxy) is 1. The molecule has 0 spiro atoms. The lowest BCUT2D eigenvalue weighted by Gasteiger charge is -2.07. The van der Waals surface area contributed by atoms with E-state index in [4.69, 9.17) is 4.74 Å². The standard InChI is InChI=1S/C11H25NOS/c1-4-14-10-8-12-7-5-6-9-13-11(2)3/h11-12H,4-10H2,1-3H3. The van der Waals surface area contributed by atoms with E-state index in [1.807, 2.05) is 11.8 Å². The van der Waals surface area contributed by atoms with E-state index in [1.165, 1.54) is 24.3 Å². The minimum atomic E-state index is 0.379. The van der Waals surface area contributed by atoms with Crippen LogP contribution in [0.5, 0.6) is 0 Å². The first kappa shape index (κ1) is 14.3. The Balaban J connectivity index is 2.85. The summed E-state index contributed by atoms with van der Waals surface area (Å²) in [7, 11) is 0. The molecule has 0 aliphatic rings. The first-order chi connectivity index (χ1) is 6.77. The summed E-state index contributed by atoms with van der Waals surface area (Å²) in [4.78, 5) is 0. The molecule has 0 radical (unpaired) electrons. The van der Waals surface area contributed by atoms with Crippen molar-refractivity contribution in [3.63, 3.8) is 0 Å². The van der Waals surface area contributed by atoms with Gasteiger partial charge in [0.2, 0.25) is 0 Å². The SMILES string of the molecule is CCSCCNCCCCOC(C)C. The molecule has 0 fully saturated rings. The Labute approximate surface area is 93.2 Å². The van der Waals surface area contributed by atoms with Gasteiger partial charge in [-0.2, -0.15) is 11.8 Å². The molecule has 0 heterocycles. The van der Waals surface area contributed by atoms with E-state index >= 15 is 0 Å². The van der Waals surface area contributed by atoms with Crippen molar-refractivity contribution < 1.29 is 4.74 Å². The van der Waals surface area contributed by atoms with Crippen molar-refractivity contribution in [1.29, 1.82) is 0 Å². The highest BCUT2D eigenvalue weighted by Crippen LogP contribution is 1.96. The van der Waals surface area contributed by atoms with Gasteiger partial charge < -0.3 is 10.1 Å². The monoisotopic (exact) mass is 219 g/mol. The van der Waals surface area contributed by atoms with E-state index in [9.17, 15) is 0 Å². The molecule has 1 N–H and O–H groups in total. The molecule has 86 valence electrons. The van der Waals surface area contributed by atoms with Crippen LogP contribution in [-0.4, -0.2) is 37.3 Å². The number of unbranched alkanes of at least 4 members (excludes halogenated alkanes) is 1. The van der Waals surface area contributed by atoms with E-state index in [0.29, 0.717) is 6.10 Å². The molecule has 0 aromatic heterocycles. The summed E-state index contributed by atoms with van der Waals surface area (Å²) < 4.78 is 5.46. The van der Waals surface area contributed by atoms with Crippen molar-refractivity contribution in [1.82, 2.24) is 5.32 Å². The molecule has 3 heteroatoms. The Bertz CT molecular complexity index is 109. The third kappa shape index (κ3) is 12.3. The normalized spacial score (nSPS) is 11.1. The Morgan fingerprint density at radius 2 is 2.00 bits per heavy atom. The molecule has 0 unspecified atom stereocenters. The van der Waals surface area contributed by atoms with Crippen molar-refractivity contribution in [2.45, 2.75) is 39.7 Å².